The number of piperidine rings is 1. The van der Waals surface area contributed by atoms with Gasteiger partial charge in [0.1, 0.15) is 39.9 Å². The zero-order valence-corrected chi connectivity index (χ0v) is 37.3. The topological polar surface area (TPSA) is 131 Å². The number of H-pyrrole nitrogens is 1. The number of pyridine rings is 1. The fourth-order valence-corrected chi connectivity index (χ4v) is 8.88. The summed E-state index contributed by atoms with van der Waals surface area (Å²) in [7, 11) is 3.07. The van der Waals surface area contributed by atoms with Crippen LogP contribution in [0, 0.1) is 18.7 Å². The van der Waals surface area contributed by atoms with Crippen molar-refractivity contribution < 1.29 is 41.3 Å². The molecular weight excluding hydrogens is 867 g/mol. The van der Waals surface area contributed by atoms with Crippen LogP contribution in [-0.2, 0) is 24.0 Å². The van der Waals surface area contributed by atoms with Gasteiger partial charge in [0.25, 0.3) is 5.56 Å². The molecule has 0 saturated carbocycles. The normalized spacial score (nSPS) is 18.2. The van der Waals surface area contributed by atoms with Crippen LogP contribution < -0.4 is 30.0 Å². The first-order valence-corrected chi connectivity index (χ1v) is 21.1. The molecule has 18 heteroatoms. The number of carbonyl (C=O) groups excluding carboxylic acids is 1. The number of nitrogens with one attached hydrogen (secondary N) is 2. The Hall–Kier alpha value is -5.32. The van der Waals surface area contributed by atoms with Crippen LogP contribution in [0.15, 0.2) is 59.4 Å². The molecule has 2 N–H and O–H groups in total. The summed E-state index contributed by atoms with van der Waals surface area (Å²) in [6, 6.07) is 15.0. The molecule has 8 rings (SSSR count). The highest BCUT2D eigenvalue weighted by Crippen LogP contribution is 2.48. The number of hydrogen-bond acceptors (Lipinski definition) is 10. The number of anilines is 1. The maximum Gasteiger partial charge on any atom is 0.418 e. The number of fused-ring (bicyclic) bond motifs is 5. The van der Waals surface area contributed by atoms with Crippen molar-refractivity contribution in [2.24, 2.45) is 5.92 Å². The minimum absolute atomic E-state index is 0.0680. The number of nitrogens with zero attached hydrogens (tertiary/aromatic N) is 4. The number of hydrogen-bond donors (Lipinski definition) is 2. The molecule has 2 aromatic heterocycles. The second-order valence-electron chi connectivity index (χ2n) is 16.9. The van der Waals surface area contributed by atoms with Crippen LogP contribution in [0.2, 0.25) is 10.3 Å². The van der Waals surface area contributed by atoms with E-state index in [1.807, 2.05) is 24.3 Å². The summed E-state index contributed by atoms with van der Waals surface area (Å²) in [4.78, 5) is 41.3. The van der Waals surface area contributed by atoms with Gasteiger partial charge in [-0.3, -0.25) is 9.78 Å². The van der Waals surface area contributed by atoms with Gasteiger partial charge in [-0.25, -0.2) is 19.2 Å². The summed E-state index contributed by atoms with van der Waals surface area (Å²) in [5.74, 6) is -0.638. The molecule has 3 aliphatic rings. The third kappa shape index (κ3) is 9.77. The summed E-state index contributed by atoms with van der Waals surface area (Å²) >= 11 is 13.2. The Morgan fingerprint density at radius 1 is 0.968 bits per heavy atom. The van der Waals surface area contributed by atoms with Crippen LogP contribution in [-0.4, -0.2) is 77.0 Å². The van der Waals surface area contributed by atoms with Crippen molar-refractivity contribution in [1.29, 1.82) is 0 Å². The van der Waals surface area contributed by atoms with Gasteiger partial charge in [-0.2, -0.15) is 13.2 Å². The highest BCUT2D eigenvalue weighted by molar-refractivity contribution is 6.36. The van der Waals surface area contributed by atoms with Crippen LogP contribution >= 0.6 is 23.2 Å². The van der Waals surface area contributed by atoms with E-state index in [9.17, 15) is 9.59 Å². The van der Waals surface area contributed by atoms with Crippen molar-refractivity contribution in [2.45, 2.75) is 90.5 Å². The Kier molecular flexibility index (Phi) is 13.1. The van der Waals surface area contributed by atoms with Crippen LogP contribution in [0.4, 0.5) is 28.2 Å². The van der Waals surface area contributed by atoms with Crippen molar-refractivity contribution in [3.63, 3.8) is 0 Å². The minimum atomic E-state index is -5.05. The maximum atomic E-state index is 17.2. The molecular formula is C45H48Cl2F4N6O6. The Balaban J connectivity index is 1.36. The molecule has 12 nitrogen and oxygen atoms in total. The lowest BCUT2D eigenvalue weighted by Crippen LogP contribution is -2.50. The van der Waals surface area contributed by atoms with E-state index < -0.39 is 85.2 Å². The number of benzene rings is 3. The van der Waals surface area contributed by atoms with Crippen LogP contribution in [0.3, 0.4) is 0 Å². The Morgan fingerprint density at radius 3 is 2.13 bits per heavy atom. The summed E-state index contributed by atoms with van der Waals surface area (Å²) in [6.07, 6.45) is -4.93. The van der Waals surface area contributed by atoms with Gasteiger partial charge in [0.05, 0.1) is 36.1 Å². The molecule has 3 fully saturated rings. The number of alkyl halides is 3. The first kappa shape index (κ1) is 45.7. The molecule has 0 radical (unpaired) electrons. The smallest absolute Gasteiger partial charge is 0.418 e. The first-order valence-electron chi connectivity index (χ1n) is 20.4. The monoisotopic (exact) mass is 914 g/mol. The molecule has 5 heterocycles. The number of aryl methyl sites for hydroxylation is 1. The average Bonchev–Trinajstić information content (AvgIpc) is 3.54. The molecule has 3 aromatic carbocycles. The predicted molar refractivity (Wildman–Crippen MR) is 233 cm³/mol. The molecule has 5 aromatic rings. The SMILES string of the molecule is COc1ccc(CN(Cc2ccc(OC)cc2)c2cc(C)c(C(F)(F)F)c(-c3c(Cl)c(O[C@@H](C)[C@H]4NC[C@@H]5CC[C@H]4CN5C(=O)OC(C)(C)C)c4c(=O)[nH]c(Cl)nc4c3F)n2)cc1. The highest BCUT2D eigenvalue weighted by Gasteiger charge is 2.44. The molecule has 0 unspecified atom stereocenters. The van der Waals surface area contributed by atoms with Gasteiger partial charge in [0.15, 0.2) is 11.6 Å². The third-order valence-corrected chi connectivity index (χ3v) is 11.9. The Bertz CT molecular complexity index is 2500. The minimum Gasteiger partial charge on any atom is -0.497 e. The van der Waals surface area contributed by atoms with Crippen molar-refractivity contribution in [3.05, 3.63) is 103 Å². The van der Waals surface area contributed by atoms with E-state index in [0.29, 0.717) is 37.4 Å². The summed E-state index contributed by atoms with van der Waals surface area (Å²) in [5.41, 5.74) is -3.89. The van der Waals surface area contributed by atoms with E-state index in [-0.39, 0.29) is 36.4 Å². The third-order valence-electron chi connectivity index (χ3n) is 11.4. The standard InChI is InChI=1S/C45H48Cl2F4N6O6/c1-23-18-31(56(20-25-8-14-29(60-6)15-9-25)21-26-10-16-30(61-7)17-11-26)53-38(34(23)45(49,50)51)32-35(46)40(33-39(36(32)48)54-42(47)55-41(33)58)62-24(2)37-27-12-13-28(19-52-37)57(22-27)43(59)63-44(3,4)5/h8-11,14-18,24,27-28,37,52H,12-13,19-22H2,1-7H3,(H,54,55,58)/t24-,27-,28-,37+/m0/s1. The van der Waals surface area contributed by atoms with E-state index in [4.69, 9.17) is 42.1 Å². The fourth-order valence-electron chi connectivity index (χ4n) is 8.40. The Morgan fingerprint density at radius 2 is 1.57 bits per heavy atom. The van der Waals surface area contributed by atoms with E-state index in [1.165, 1.54) is 27.2 Å². The number of rotatable bonds is 11. The second kappa shape index (κ2) is 18.0. The summed E-state index contributed by atoms with van der Waals surface area (Å²) in [5, 5.41) is 1.89. The van der Waals surface area contributed by atoms with E-state index in [1.54, 1.807) is 61.8 Å². The first-order chi connectivity index (χ1) is 29.8. The molecule has 0 aliphatic carbocycles. The largest absolute Gasteiger partial charge is 0.497 e. The summed E-state index contributed by atoms with van der Waals surface area (Å²) in [6.45, 7) is 9.40. The van der Waals surface area contributed by atoms with Crippen LogP contribution in [0.25, 0.3) is 22.2 Å². The second-order valence-corrected chi connectivity index (χ2v) is 17.6. The fraction of sp³-hybridized carbons (Fsp3) is 0.422. The van der Waals surface area contributed by atoms with Gasteiger partial charge in [-0.15, -0.1) is 0 Å². The number of carbonyl (C=O) groups is 1. The molecule has 4 atom stereocenters. The number of aromatic amines is 1. The van der Waals surface area contributed by atoms with E-state index in [2.05, 4.69) is 20.3 Å². The van der Waals surface area contributed by atoms with Crippen LogP contribution in [0.5, 0.6) is 17.2 Å². The zero-order valence-electron chi connectivity index (χ0n) is 35.8. The average molecular weight is 916 g/mol. The molecule has 1 amide bonds. The highest BCUT2D eigenvalue weighted by atomic mass is 35.5. The number of amides is 1. The van der Waals surface area contributed by atoms with Gasteiger partial charge >= 0.3 is 12.3 Å². The van der Waals surface area contributed by atoms with Crippen molar-refractivity contribution in [1.82, 2.24) is 25.2 Å². The van der Waals surface area contributed by atoms with Gasteiger partial charge in [-0.05, 0) is 112 Å². The lowest BCUT2D eigenvalue weighted by atomic mass is 9.88. The van der Waals surface area contributed by atoms with E-state index >= 15 is 17.6 Å². The molecule has 63 heavy (non-hydrogen) atoms. The molecule has 3 saturated heterocycles. The van der Waals surface area contributed by atoms with Gasteiger partial charge in [0, 0.05) is 38.3 Å². The molecule has 0 spiro atoms. The van der Waals surface area contributed by atoms with Gasteiger partial charge in [0.2, 0.25) is 5.28 Å². The zero-order chi connectivity index (χ0) is 45.5. The number of aromatic nitrogens is 3. The van der Waals surface area contributed by atoms with Crippen molar-refractivity contribution in [3.8, 4) is 28.5 Å². The maximum absolute atomic E-state index is 17.2. The predicted octanol–water partition coefficient (Wildman–Crippen LogP) is 9.74. The van der Waals surface area contributed by atoms with Crippen LogP contribution in [0.1, 0.15) is 62.8 Å². The molecule has 336 valence electrons. The summed E-state index contributed by atoms with van der Waals surface area (Å²) < 4.78 is 86.0. The number of ether oxygens (including phenoxy) is 4. The van der Waals surface area contributed by atoms with Crippen molar-refractivity contribution >= 4 is 46.0 Å². The quantitative estimate of drug-likeness (QED) is 0.0976. The molecule has 2 bridgehead atoms. The van der Waals surface area contributed by atoms with Crippen molar-refractivity contribution in [2.75, 3.05) is 32.2 Å². The number of methoxy groups -OCH3 is 2. The van der Waals surface area contributed by atoms with E-state index in [0.717, 1.165) is 11.1 Å². The van der Waals surface area contributed by atoms with Gasteiger partial charge < -0.3 is 34.1 Å². The Labute approximate surface area is 371 Å². The number of halogens is 6. The lowest BCUT2D eigenvalue weighted by Gasteiger charge is -2.38. The molecule has 3 aliphatic heterocycles. The lowest BCUT2D eigenvalue weighted by molar-refractivity contribution is -0.137. The van der Waals surface area contributed by atoms with Gasteiger partial charge in [-0.1, -0.05) is 35.9 Å².